The quantitative estimate of drug-likeness (QED) is 0.552. The van der Waals surface area contributed by atoms with Crippen LogP contribution >= 0.6 is 0 Å². The van der Waals surface area contributed by atoms with Crippen LogP contribution in [0.3, 0.4) is 0 Å². The van der Waals surface area contributed by atoms with Crippen molar-refractivity contribution >= 4 is 0 Å². The highest BCUT2D eigenvalue weighted by Crippen LogP contribution is 2.22. The van der Waals surface area contributed by atoms with Gasteiger partial charge in [0.2, 0.25) is 0 Å². The SMILES string of the molecule is CCCCc1cc(Cc2ccccc2)cc(CCCC)c1F. The van der Waals surface area contributed by atoms with E-state index in [-0.39, 0.29) is 5.82 Å². The molecule has 0 spiro atoms. The van der Waals surface area contributed by atoms with Crippen LogP contribution in [0.15, 0.2) is 42.5 Å². The first-order valence-corrected chi connectivity index (χ1v) is 8.58. The summed E-state index contributed by atoms with van der Waals surface area (Å²) < 4.78 is 14.6. The second-order valence-electron chi connectivity index (χ2n) is 6.10. The van der Waals surface area contributed by atoms with Crippen molar-refractivity contribution in [1.82, 2.24) is 0 Å². The predicted octanol–water partition coefficient (Wildman–Crippen LogP) is 6.10. The highest BCUT2D eigenvalue weighted by Gasteiger charge is 2.11. The molecule has 2 aromatic carbocycles. The molecule has 0 heterocycles. The van der Waals surface area contributed by atoms with Gasteiger partial charge in [0.05, 0.1) is 0 Å². The summed E-state index contributed by atoms with van der Waals surface area (Å²) in [5, 5.41) is 0. The Balaban J connectivity index is 2.27. The summed E-state index contributed by atoms with van der Waals surface area (Å²) in [6.07, 6.45) is 6.91. The first-order chi connectivity index (χ1) is 10.7. The molecule has 0 aliphatic rings. The zero-order valence-electron chi connectivity index (χ0n) is 13.9. The zero-order chi connectivity index (χ0) is 15.8. The highest BCUT2D eigenvalue weighted by molar-refractivity contribution is 5.35. The van der Waals surface area contributed by atoms with Crippen LogP contribution in [-0.2, 0) is 19.3 Å². The van der Waals surface area contributed by atoms with Crippen molar-refractivity contribution in [2.75, 3.05) is 0 Å². The lowest BCUT2D eigenvalue weighted by Gasteiger charge is -2.12. The molecule has 0 fully saturated rings. The largest absolute Gasteiger partial charge is 0.206 e. The average Bonchev–Trinajstić information content (AvgIpc) is 2.54. The van der Waals surface area contributed by atoms with E-state index in [2.05, 4.69) is 50.2 Å². The molecule has 0 aromatic heterocycles. The Bertz CT molecular complexity index is 543. The Hall–Kier alpha value is -1.63. The van der Waals surface area contributed by atoms with E-state index in [4.69, 9.17) is 0 Å². The van der Waals surface area contributed by atoms with Crippen LogP contribution in [0.25, 0.3) is 0 Å². The zero-order valence-corrected chi connectivity index (χ0v) is 13.9. The van der Waals surface area contributed by atoms with Crippen molar-refractivity contribution in [3.8, 4) is 0 Å². The van der Waals surface area contributed by atoms with E-state index in [1.165, 1.54) is 11.1 Å². The van der Waals surface area contributed by atoms with E-state index in [1.807, 2.05) is 6.07 Å². The molecule has 0 saturated carbocycles. The van der Waals surface area contributed by atoms with Crippen molar-refractivity contribution in [2.45, 2.75) is 58.8 Å². The van der Waals surface area contributed by atoms with Crippen molar-refractivity contribution in [3.63, 3.8) is 0 Å². The van der Waals surface area contributed by atoms with Crippen molar-refractivity contribution in [2.24, 2.45) is 0 Å². The van der Waals surface area contributed by atoms with E-state index in [0.717, 1.165) is 56.1 Å². The summed E-state index contributed by atoms with van der Waals surface area (Å²) in [7, 11) is 0. The Kier molecular flexibility index (Phi) is 6.64. The van der Waals surface area contributed by atoms with Crippen molar-refractivity contribution < 1.29 is 4.39 Å². The minimum Gasteiger partial charge on any atom is -0.206 e. The first-order valence-electron chi connectivity index (χ1n) is 8.58. The van der Waals surface area contributed by atoms with Gasteiger partial charge in [-0.25, -0.2) is 4.39 Å². The maximum atomic E-state index is 14.6. The van der Waals surface area contributed by atoms with Crippen molar-refractivity contribution in [3.05, 3.63) is 70.5 Å². The molecule has 0 N–H and O–H groups in total. The molecular formula is C21H27F. The third-order valence-corrected chi connectivity index (χ3v) is 4.13. The molecule has 22 heavy (non-hydrogen) atoms. The van der Waals surface area contributed by atoms with Crippen LogP contribution < -0.4 is 0 Å². The van der Waals surface area contributed by atoms with Gasteiger partial charge in [-0.1, -0.05) is 69.2 Å². The second-order valence-corrected chi connectivity index (χ2v) is 6.10. The van der Waals surface area contributed by atoms with E-state index in [9.17, 15) is 4.39 Å². The van der Waals surface area contributed by atoms with E-state index >= 15 is 0 Å². The first kappa shape index (κ1) is 16.7. The summed E-state index contributed by atoms with van der Waals surface area (Å²) in [4.78, 5) is 0. The molecule has 0 amide bonds. The molecule has 0 radical (unpaired) electrons. The minimum atomic E-state index is 0.0405. The number of hydrogen-bond donors (Lipinski definition) is 0. The molecule has 1 heteroatoms. The summed E-state index contributed by atoms with van der Waals surface area (Å²) >= 11 is 0. The molecule has 0 atom stereocenters. The maximum absolute atomic E-state index is 14.6. The summed E-state index contributed by atoms with van der Waals surface area (Å²) in [5.74, 6) is 0.0405. The van der Waals surface area contributed by atoms with Gasteiger partial charge < -0.3 is 0 Å². The number of aryl methyl sites for hydroxylation is 2. The Labute approximate surface area is 134 Å². The van der Waals surface area contributed by atoms with Gasteiger partial charge in [0.1, 0.15) is 5.82 Å². The molecule has 0 saturated heterocycles. The average molecular weight is 298 g/mol. The molecule has 0 nitrogen and oxygen atoms in total. The number of unbranched alkanes of at least 4 members (excludes halogenated alkanes) is 2. The highest BCUT2D eigenvalue weighted by atomic mass is 19.1. The smallest absolute Gasteiger partial charge is 0.129 e. The van der Waals surface area contributed by atoms with E-state index in [0.29, 0.717) is 0 Å². The Morgan fingerprint density at radius 2 is 1.32 bits per heavy atom. The molecule has 0 aliphatic heterocycles. The lowest BCUT2D eigenvalue weighted by atomic mass is 9.95. The van der Waals surface area contributed by atoms with E-state index in [1.54, 1.807) is 0 Å². The third kappa shape index (κ3) is 4.69. The third-order valence-electron chi connectivity index (χ3n) is 4.13. The monoisotopic (exact) mass is 298 g/mol. The van der Waals surface area contributed by atoms with E-state index < -0.39 is 0 Å². The number of rotatable bonds is 8. The van der Waals surface area contributed by atoms with Gasteiger partial charge in [-0.2, -0.15) is 0 Å². The van der Waals surface area contributed by atoms with Gasteiger partial charge in [0, 0.05) is 0 Å². The van der Waals surface area contributed by atoms with Crippen molar-refractivity contribution in [1.29, 1.82) is 0 Å². The fourth-order valence-electron chi connectivity index (χ4n) is 2.85. The Morgan fingerprint density at radius 1 is 0.773 bits per heavy atom. The predicted molar refractivity (Wildman–Crippen MR) is 92.9 cm³/mol. The number of benzene rings is 2. The van der Waals surface area contributed by atoms with Gasteiger partial charge in [-0.15, -0.1) is 0 Å². The number of halogens is 1. The van der Waals surface area contributed by atoms with Crippen LogP contribution in [0.2, 0.25) is 0 Å². The lowest BCUT2D eigenvalue weighted by molar-refractivity contribution is 0.580. The normalized spacial score (nSPS) is 10.9. The van der Waals surface area contributed by atoms with Crippen LogP contribution in [0.5, 0.6) is 0 Å². The summed E-state index contributed by atoms with van der Waals surface area (Å²) in [5.41, 5.74) is 4.34. The molecule has 0 unspecified atom stereocenters. The summed E-state index contributed by atoms with van der Waals surface area (Å²) in [6.45, 7) is 4.31. The minimum absolute atomic E-state index is 0.0405. The topological polar surface area (TPSA) is 0 Å². The van der Waals surface area contributed by atoms with Gasteiger partial charge in [-0.05, 0) is 54.4 Å². The van der Waals surface area contributed by atoms with Crippen LogP contribution in [-0.4, -0.2) is 0 Å². The van der Waals surface area contributed by atoms with Gasteiger partial charge >= 0.3 is 0 Å². The molecule has 2 rings (SSSR count). The standard InChI is InChI=1S/C21H27F/c1-3-5-12-19-15-18(14-17-10-8-7-9-11-17)16-20(21(19)22)13-6-4-2/h7-11,15-16H,3-6,12-14H2,1-2H3. The fourth-order valence-corrected chi connectivity index (χ4v) is 2.85. The molecule has 118 valence electrons. The molecular weight excluding hydrogens is 271 g/mol. The molecule has 0 aliphatic carbocycles. The van der Waals surface area contributed by atoms with Gasteiger partial charge in [-0.3, -0.25) is 0 Å². The van der Waals surface area contributed by atoms with Crippen LogP contribution in [0, 0.1) is 5.82 Å². The second kappa shape index (κ2) is 8.73. The van der Waals surface area contributed by atoms with Gasteiger partial charge in [0.25, 0.3) is 0 Å². The Morgan fingerprint density at radius 3 is 1.82 bits per heavy atom. The van der Waals surface area contributed by atoms with Crippen LogP contribution in [0.4, 0.5) is 4.39 Å². The number of hydrogen-bond acceptors (Lipinski definition) is 0. The molecule has 2 aromatic rings. The summed E-state index contributed by atoms with van der Waals surface area (Å²) in [6, 6.07) is 14.6. The van der Waals surface area contributed by atoms with Gasteiger partial charge in [0.15, 0.2) is 0 Å². The molecule has 0 bridgehead atoms. The van der Waals surface area contributed by atoms with Crippen LogP contribution in [0.1, 0.15) is 61.8 Å². The lowest BCUT2D eigenvalue weighted by Crippen LogP contribution is -2.01. The fraction of sp³-hybridized carbons (Fsp3) is 0.429. The maximum Gasteiger partial charge on any atom is 0.129 e.